The van der Waals surface area contributed by atoms with Crippen LogP contribution in [0.2, 0.25) is 0 Å². The molecular formula is C17H27N2O3+. The van der Waals surface area contributed by atoms with Gasteiger partial charge in [0, 0.05) is 30.1 Å². The van der Waals surface area contributed by atoms with Crippen molar-refractivity contribution in [1.82, 2.24) is 4.57 Å². The monoisotopic (exact) mass is 307 g/mol. The summed E-state index contributed by atoms with van der Waals surface area (Å²) in [6, 6.07) is 5.61. The Morgan fingerprint density at radius 1 is 1.41 bits per heavy atom. The Morgan fingerprint density at radius 2 is 2.23 bits per heavy atom. The molecular weight excluding hydrogens is 280 g/mol. The summed E-state index contributed by atoms with van der Waals surface area (Å²) in [5.74, 6) is 0.981. The lowest BCUT2D eigenvalue weighted by atomic mass is 9.83. The van der Waals surface area contributed by atoms with Gasteiger partial charge in [-0.15, -0.1) is 0 Å². The number of aliphatic hydroxyl groups is 1. The summed E-state index contributed by atoms with van der Waals surface area (Å²) in [6.07, 6.45) is 0.921. The Kier molecular flexibility index (Phi) is 4.66. The molecule has 0 spiro atoms. The third kappa shape index (κ3) is 3.42. The molecule has 1 fully saturated rings. The first kappa shape index (κ1) is 15.7. The normalized spacial score (nSPS) is 28.5. The highest BCUT2D eigenvalue weighted by Crippen LogP contribution is 2.29. The molecule has 22 heavy (non-hydrogen) atoms. The molecule has 5 nitrogen and oxygen atoms in total. The van der Waals surface area contributed by atoms with Crippen molar-refractivity contribution in [1.29, 1.82) is 0 Å². The maximum absolute atomic E-state index is 12.0. The lowest BCUT2D eigenvalue weighted by molar-refractivity contribution is -0.914. The predicted octanol–water partition coefficient (Wildman–Crippen LogP) is -0.364. The molecule has 2 aliphatic heterocycles. The van der Waals surface area contributed by atoms with E-state index in [0.717, 1.165) is 26.2 Å². The number of quaternary nitrogens is 1. The second-order valence-corrected chi connectivity index (χ2v) is 7.10. The first-order chi connectivity index (χ1) is 10.5. The van der Waals surface area contributed by atoms with E-state index in [0.29, 0.717) is 18.4 Å². The summed E-state index contributed by atoms with van der Waals surface area (Å²) in [7, 11) is 0. The number of aromatic nitrogens is 1. The predicted molar refractivity (Wildman–Crippen MR) is 84.2 cm³/mol. The Labute approximate surface area is 131 Å². The molecule has 122 valence electrons. The van der Waals surface area contributed by atoms with Gasteiger partial charge in [0.2, 0.25) is 0 Å². The summed E-state index contributed by atoms with van der Waals surface area (Å²) in [5.41, 5.74) is 1.30. The molecule has 2 N–H and O–H groups in total. The smallest absolute Gasteiger partial charge is 0.250 e. The third-order valence-electron chi connectivity index (χ3n) is 4.82. The molecule has 4 atom stereocenters. The Balaban J connectivity index is 1.65. The topological polar surface area (TPSA) is 55.9 Å². The standard InChI is InChI=1S/C17H26N2O3/c1-12(2)22-11-15(20)10-18-7-13-6-14(9-18)16-4-3-5-17(21)19(16)8-13/h3-5,12-15,20H,6-11H2,1-2H3/p+1/t13-,14+,15+/m0/s1. The van der Waals surface area contributed by atoms with Crippen molar-refractivity contribution < 1.29 is 14.7 Å². The van der Waals surface area contributed by atoms with E-state index >= 15 is 0 Å². The number of piperidine rings is 1. The Hall–Kier alpha value is -1.17. The number of pyridine rings is 1. The highest BCUT2D eigenvalue weighted by atomic mass is 16.5. The maximum atomic E-state index is 12.0. The molecule has 0 aliphatic carbocycles. The van der Waals surface area contributed by atoms with Crippen LogP contribution in [0.1, 0.15) is 31.9 Å². The molecule has 2 bridgehead atoms. The molecule has 2 aliphatic rings. The number of rotatable bonds is 5. The fraction of sp³-hybridized carbons (Fsp3) is 0.706. The van der Waals surface area contributed by atoms with Gasteiger partial charge in [0.1, 0.15) is 12.6 Å². The van der Waals surface area contributed by atoms with E-state index in [2.05, 4.69) is 6.07 Å². The van der Waals surface area contributed by atoms with Gasteiger partial charge in [-0.3, -0.25) is 4.79 Å². The minimum atomic E-state index is -0.408. The number of hydrogen-bond donors (Lipinski definition) is 2. The fourth-order valence-corrected chi connectivity index (χ4v) is 3.98. The van der Waals surface area contributed by atoms with Crippen LogP contribution in [0.25, 0.3) is 0 Å². The first-order valence-corrected chi connectivity index (χ1v) is 8.36. The van der Waals surface area contributed by atoms with Gasteiger partial charge in [0.15, 0.2) is 0 Å². The summed E-state index contributed by atoms with van der Waals surface area (Å²) in [4.78, 5) is 13.4. The van der Waals surface area contributed by atoms with E-state index in [1.54, 1.807) is 6.07 Å². The SMILES string of the molecule is CC(C)OC[C@H](O)C[NH+]1C[C@@H]2C[C@H](C1)c1cccc(=O)n1C2. The lowest BCUT2D eigenvalue weighted by Crippen LogP contribution is -3.15. The maximum Gasteiger partial charge on any atom is 0.250 e. The van der Waals surface area contributed by atoms with Crippen LogP contribution >= 0.6 is 0 Å². The average Bonchev–Trinajstić information content (AvgIpc) is 2.46. The van der Waals surface area contributed by atoms with Gasteiger partial charge < -0.3 is 19.3 Å². The summed E-state index contributed by atoms with van der Waals surface area (Å²) < 4.78 is 7.45. The van der Waals surface area contributed by atoms with Crippen LogP contribution < -0.4 is 10.5 Å². The number of nitrogens with one attached hydrogen (secondary N) is 1. The zero-order chi connectivity index (χ0) is 15.7. The van der Waals surface area contributed by atoms with Crippen LogP contribution in [0.3, 0.4) is 0 Å². The minimum Gasteiger partial charge on any atom is -0.385 e. The van der Waals surface area contributed by atoms with Crippen LogP contribution in [0.15, 0.2) is 23.0 Å². The number of aliphatic hydroxyl groups excluding tert-OH is 1. The Bertz CT molecular complexity index is 569. The molecule has 3 heterocycles. The van der Waals surface area contributed by atoms with Gasteiger partial charge in [-0.1, -0.05) is 6.07 Å². The van der Waals surface area contributed by atoms with Crippen LogP contribution in [0.4, 0.5) is 0 Å². The van der Waals surface area contributed by atoms with Gasteiger partial charge in [-0.25, -0.2) is 0 Å². The van der Waals surface area contributed by atoms with Crippen molar-refractivity contribution in [3.05, 3.63) is 34.2 Å². The van der Waals surface area contributed by atoms with Gasteiger partial charge in [0.05, 0.1) is 25.8 Å². The summed E-state index contributed by atoms with van der Waals surface area (Å²) in [6.45, 7) is 7.98. The molecule has 1 unspecified atom stereocenters. The second-order valence-electron chi connectivity index (χ2n) is 7.10. The molecule has 0 saturated carbocycles. The van der Waals surface area contributed by atoms with E-state index in [-0.39, 0.29) is 11.7 Å². The molecule has 0 aromatic carbocycles. The fourth-order valence-electron chi connectivity index (χ4n) is 3.98. The van der Waals surface area contributed by atoms with Crippen molar-refractivity contribution in [3.63, 3.8) is 0 Å². The quantitative estimate of drug-likeness (QED) is 0.781. The zero-order valence-electron chi connectivity index (χ0n) is 13.5. The third-order valence-corrected chi connectivity index (χ3v) is 4.82. The van der Waals surface area contributed by atoms with Crippen LogP contribution in [0, 0.1) is 5.92 Å². The van der Waals surface area contributed by atoms with Crippen molar-refractivity contribution in [3.8, 4) is 0 Å². The van der Waals surface area contributed by atoms with Gasteiger partial charge in [-0.05, 0) is 26.3 Å². The van der Waals surface area contributed by atoms with Crippen molar-refractivity contribution in [2.75, 3.05) is 26.2 Å². The molecule has 1 saturated heterocycles. The van der Waals surface area contributed by atoms with Crippen LogP contribution in [-0.2, 0) is 11.3 Å². The van der Waals surface area contributed by atoms with Gasteiger partial charge in [0.25, 0.3) is 5.56 Å². The van der Waals surface area contributed by atoms with Crippen molar-refractivity contribution in [2.45, 2.75) is 44.9 Å². The largest absolute Gasteiger partial charge is 0.385 e. The van der Waals surface area contributed by atoms with E-state index in [4.69, 9.17) is 4.74 Å². The Morgan fingerprint density at radius 3 is 3.00 bits per heavy atom. The molecule has 1 aromatic heterocycles. The zero-order valence-corrected chi connectivity index (χ0v) is 13.5. The molecule has 1 aromatic rings. The van der Waals surface area contributed by atoms with Crippen molar-refractivity contribution >= 4 is 0 Å². The number of ether oxygens (including phenoxy) is 1. The highest BCUT2D eigenvalue weighted by molar-refractivity contribution is 5.15. The lowest BCUT2D eigenvalue weighted by Gasteiger charge is -2.40. The van der Waals surface area contributed by atoms with Crippen molar-refractivity contribution in [2.24, 2.45) is 5.92 Å². The molecule has 5 heteroatoms. The van der Waals surface area contributed by atoms with Gasteiger partial charge >= 0.3 is 0 Å². The minimum absolute atomic E-state index is 0.126. The molecule has 3 rings (SSSR count). The highest BCUT2D eigenvalue weighted by Gasteiger charge is 2.37. The van der Waals surface area contributed by atoms with Crippen LogP contribution in [0.5, 0.6) is 0 Å². The first-order valence-electron chi connectivity index (χ1n) is 8.36. The molecule has 0 amide bonds. The van der Waals surface area contributed by atoms with Gasteiger partial charge in [-0.2, -0.15) is 0 Å². The number of likely N-dealkylation sites (tertiary alicyclic amines) is 1. The number of nitrogens with zero attached hydrogens (tertiary/aromatic N) is 1. The number of fused-ring (bicyclic) bond motifs is 4. The summed E-state index contributed by atoms with van der Waals surface area (Å²) >= 11 is 0. The van der Waals surface area contributed by atoms with E-state index in [1.807, 2.05) is 24.5 Å². The van der Waals surface area contributed by atoms with E-state index in [9.17, 15) is 9.90 Å². The van der Waals surface area contributed by atoms with E-state index in [1.165, 1.54) is 17.0 Å². The summed E-state index contributed by atoms with van der Waals surface area (Å²) in [5, 5.41) is 10.2. The second kappa shape index (κ2) is 6.52. The average molecular weight is 307 g/mol. The van der Waals surface area contributed by atoms with E-state index < -0.39 is 6.10 Å². The number of hydrogen-bond acceptors (Lipinski definition) is 3. The molecule has 0 radical (unpaired) electrons. The van der Waals surface area contributed by atoms with Crippen LogP contribution in [-0.4, -0.2) is 48.1 Å².